The zero-order chi connectivity index (χ0) is 14.5. The highest BCUT2D eigenvalue weighted by atomic mass is 79.9. The van der Waals surface area contributed by atoms with Gasteiger partial charge in [-0.3, -0.25) is 4.79 Å². The number of nitrogens with zero attached hydrogens (tertiary/aromatic N) is 1. The Morgan fingerprint density at radius 1 is 1.45 bits per heavy atom. The van der Waals surface area contributed by atoms with Gasteiger partial charge in [0.05, 0.1) is 4.47 Å². The minimum atomic E-state index is -0.360. The van der Waals surface area contributed by atoms with Crippen molar-refractivity contribution in [2.75, 3.05) is 26.3 Å². The number of halogens is 2. The van der Waals surface area contributed by atoms with Crippen molar-refractivity contribution in [2.24, 2.45) is 5.92 Å². The molecule has 1 saturated heterocycles. The first-order chi connectivity index (χ1) is 9.60. The van der Waals surface area contributed by atoms with Crippen molar-refractivity contribution in [2.45, 2.75) is 12.8 Å². The summed E-state index contributed by atoms with van der Waals surface area (Å²) >= 11 is 3.19. The molecule has 0 aromatic heterocycles. The number of amides is 1. The first-order valence-corrected chi connectivity index (χ1v) is 7.36. The Morgan fingerprint density at radius 2 is 2.15 bits per heavy atom. The number of hydrogen-bond acceptors (Lipinski definition) is 3. The number of ether oxygens (including phenoxy) is 1. The van der Waals surface area contributed by atoms with Gasteiger partial charge in [-0.2, -0.15) is 0 Å². The summed E-state index contributed by atoms with van der Waals surface area (Å²) in [5.74, 6) is 0.301. The Morgan fingerprint density at radius 3 is 2.75 bits per heavy atom. The number of benzene rings is 1. The van der Waals surface area contributed by atoms with Crippen molar-refractivity contribution in [1.29, 1.82) is 0 Å². The van der Waals surface area contributed by atoms with Gasteiger partial charge in [-0.15, -0.1) is 0 Å². The lowest BCUT2D eigenvalue weighted by Gasteiger charge is -2.31. The molecule has 0 atom stereocenters. The van der Waals surface area contributed by atoms with Gasteiger partial charge in [-0.1, -0.05) is 0 Å². The molecule has 6 heteroatoms. The maximum atomic E-state index is 12.9. The Bertz CT molecular complexity index is 475. The fraction of sp³-hybridized carbons (Fsp3) is 0.500. The lowest BCUT2D eigenvalue weighted by Crippen LogP contribution is -2.41. The molecule has 1 N–H and O–H groups in total. The van der Waals surface area contributed by atoms with Crippen molar-refractivity contribution < 1.29 is 19.0 Å². The molecule has 0 radical (unpaired) electrons. The fourth-order valence-electron chi connectivity index (χ4n) is 2.19. The van der Waals surface area contributed by atoms with Crippen LogP contribution in [0.15, 0.2) is 22.7 Å². The van der Waals surface area contributed by atoms with Crippen LogP contribution in [0.25, 0.3) is 0 Å². The average Bonchev–Trinajstić information content (AvgIpc) is 2.46. The summed E-state index contributed by atoms with van der Waals surface area (Å²) < 4.78 is 18.8. The molecule has 0 spiro atoms. The Balaban J connectivity index is 1.83. The van der Waals surface area contributed by atoms with Crippen LogP contribution in [0.5, 0.6) is 5.75 Å². The van der Waals surface area contributed by atoms with Crippen LogP contribution in [-0.4, -0.2) is 42.2 Å². The maximum Gasteiger partial charge on any atom is 0.260 e. The first kappa shape index (κ1) is 15.3. The van der Waals surface area contributed by atoms with E-state index in [2.05, 4.69) is 15.9 Å². The highest BCUT2D eigenvalue weighted by molar-refractivity contribution is 9.10. The normalized spacial score (nSPS) is 16.2. The van der Waals surface area contributed by atoms with Crippen LogP contribution in [0.4, 0.5) is 4.39 Å². The zero-order valence-corrected chi connectivity index (χ0v) is 12.6. The fourth-order valence-corrected chi connectivity index (χ4v) is 2.65. The van der Waals surface area contributed by atoms with E-state index in [9.17, 15) is 9.18 Å². The van der Waals surface area contributed by atoms with Gasteiger partial charge in [0.1, 0.15) is 11.6 Å². The summed E-state index contributed by atoms with van der Waals surface area (Å²) in [5.41, 5.74) is 0. The number of likely N-dealkylation sites (tertiary alicyclic amines) is 1. The molecule has 0 saturated carbocycles. The van der Waals surface area contributed by atoms with E-state index in [0.717, 1.165) is 12.8 Å². The Hall–Kier alpha value is -1.14. The van der Waals surface area contributed by atoms with Gasteiger partial charge in [0.2, 0.25) is 0 Å². The standard InChI is InChI=1S/C14H17BrFNO3/c15-12-7-11(16)1-2-13(12)20-9-14(19)17-5-3-10(8-18)4-6-17/h1-2,7,10,18H,3-6,8-9H2. The smallest absolute Gasteiger partial charge is 0.260 e. The molecule has 1 heterocycles. The lowest BCUT2D eigenvalue weighted by molar-refractivity contribution is -0.135. The minimum Gasteiger partial charge on any atom is -0.483 e. The van der Waals surface area contributed by atoms with Gasteiger partial charge in [0.15, 0.2) is 6.61 Å². The van der Waals surface area contributed by atoms with Crippen LogP contribution >= 0.6 is 15.9 Å². The summed E-state index contributed by atoms with van der Waals surface area (Å²) in [6.07, 6.45) is 1.64. The molecule has 0 bridgehead atoms. The summed E-state index contributed by atoms with van der Waals surface area (Å²) in [6, 6.07) is 4.08. The number of carbonyl (C=O) groups is 1. The first-order valence-electron chi connectivity index (χ1n) is 6.56. The third kappa shape index (κ3) is 3.93. The predicted molar refractivity (Wildman–Crippen MR) is 76.0 cm³/mol. The van der Waals surface area contributed by atoms with E-state index in [1.165, 1.54) is 18.2 Å². The molecule has 0 aliphatic carbocycles. The third-order valence-corrected chi connectivity index (χ3v) is 4.09. The maximum absolute atomic E-state index is 12.9. The summed E-state index contributed by atoms with van der Waals surface area (Å²) in [6.45, 7) is 1.42. The lowest BCUT2D eigenvalue weighted by atomic mass is 9.98. The van der Waals surface area contributed by atoms with Crippen LogP contribution in [0, 0.1) is 11.7 Å². The summed E-state index contributed by atoms with van der Waals surface area (Å²) in [4.78, 5) is 13.7. The van der Waals surface area contributed by atoms with Crippen LogP contribution in [0.1, 0.15) is 12.8 Å². The van der Waals surface area contributed by atoms with E-state index >= 15 is 0 Å². The van der Waals surface area contributed by atoms with Crippen LogP contribution in [-0.2, 0) is 4.79 Å². The quantitative estimate of drug-likeness (QED) is 0.909. The van der Waals surface area contributed by atoms with Crippen LogP contribution in [0.3, 0.4) is 0 Å². The predicted octanol–water partition coefficient (Wildman–Crippen LogP) is 2.20. The summed E-state index contributed by atoms with van der Waals surface area (Å²) in [5, 5.41) is 9.06. The van der Waals surface area contributed by atoms with E-state index in [1.54, 1.807) is 4.90 Å². The number of piperidine rings is 1. The van der Waals surface area contributed by atoms with Gasteiger partial charge >= 0.3 is 0 Å². The van der Waals surface area contributed by atoms with Crippen molar-refractivity contribution >= 4 is 21.8 Å². The third-order valence-electron chi connectivity index (χ3n) is 3.47. The van der Waals surface area contributed by atoms with E-state index in [4.69, 9.17) is 9.84 Å². The van der Waals surface area contributed by atoms with Crippen molar-refractivity contribution in [3.63, 3.8) is 0 Å². The Kier molecular flexibility index (Phi) is 5.37. The number of carbonyl (C=O) groups excluding carboxylic acids is 1. The molecule has 1 amide bonds. The highest BCUT2D eigenvalue weighted by Crippen LogP contribution is 2.25. The molecular formula is C14H17BrFNO3. The van der Waals surface area contributed by atoms with E-state index < -0.39 is 0 Å². The Labute approximate surface area is 125 Å². The monoisotopic (exact) mass is 345 g/mol. The van der Waals surface area contributed by atoms with Gasteiger partial charge < -0.3 is 14.7 Å². The second-order valence-corrected chi connectivity index (χ2v) is 5.72. The molecule has 1 aromatic rings. The van der Waals surface area contributed by atoms with Gasteiger partial charge in [0, 0.05) is 19.7 Å². The second kappa shape index (κ2) is 7.04. The van der Waals surface area contributed by atoms with Crippen LogP contribution < -0.4 is 4.74 Å². The number of aliphatic hydroxyl groups excluding tert-OH is 1. The van der Waals surface area contributed by atoms with Crippen molar-refractivity contribution in [1.82, 2.24) is 4.90 Å². The van der Waals surface area contributed by atoms with E-state index in [1.807, 2.05) is 0 Å². The van der Waals surface area contributed by atoms with Crippen molar-refractivity contribution in [3.05, 3.63) is 28.5 Å². The van der Waals surface area contributed by atoms with Gasteiger partial charge in [0.25, 0.3) is 5.91 Å². The largest absolute Gasteiger partial charge is 0.483 e. The molecule has 1 aromatic carbocycles. The zero-order valence-electron chi connectivity index (χ0n) is 11.0. The molecule has 1 fully saturated rings. The van der Waals surface area contributed by atoms with Gasteiger partial charge in [-0.25, -0.2) is 4.39 Å². The second-order valence-electron chi connectivity index (χ2n) is 4.87. The number of hydrogen-bond donors (Lipinski definition) is 1. The number of rotatable bonds is 4. The topological polar surface area (TPSA) is 49.8 Å². The van der Waals surface area contributed by atoms with Crippen molar-refractivity contribution in [3.8, 4) is 5.75 Å². The molecule has 2 rings (SSSR count). The SMILES string of the molecule is O=C(COc1ccc(F)cc1Br)N1CCC(CO)CC1. The molecular weight excluding hydrogens is 329 g/mol. The molecule has 20 heavy (non-hydrogen) atoms. The molecule has 1 aliphatic rings. The summed E-state index contributed by atoms with van der Waals surface area (Å²) in [7, 11) is 0. The van der Waals surface area contributed by atoms with E-state index in [-0.39, 0.29) is 24.9 Å². The molecule has 4 nitrogen and oxygen atoms in total. The minimum absolute atomic E-state index is 0.0615. The van der Waals surface area contributed by atoms with E-state index in [0.29, 0.717) is 29.2 Å². The van der Waals surface area contributed by atoms with Crippen LogP contribution in [0.2, 0.25) is 0 Å². The van der Waals surface area contributed by atoms with Gasteiger partial charge in [-0.05, 0) is 52.9 Å². The molecule has 0 unspecified atom stereocenters. The average molecular weight is 346 g/mol. The molecule has 1 aliphatic heterocycles. The number of aliphatic hydroxyl groups is 1. The molecule has 110 valence electrons. The highest BCUT2D eigenvalue weighted by Gasteiger charge is 2.22.